The van der Waals surface area contributed by atoms with Gasteiger partial charge in [0.05, 0.1) is 0 Å². The number of oxazole rings is 1. The standard InChI is InChI=1S/C37H42N4O6/c1-28(2)22-25-41(37(45)47-26-31-18-10-5-11-19-31)36(44)40(24-13-21-30-16-8-4-9-17-30)35(43)34-39-32(27-46-34)33(42)38-23-12-20-29-14-6-3-7-15-29/h3-11,14-19,27-28H,12-13,20-26H2,1-2H3,(H,38,42). The van der Waals surface area contributed by atoms with Gasteiger partial charge in [-0.2, -0.15) is 4.98 Å². The second-order valence-corrected chi connectivity index (χ2v) is 11.6. The van der Waals surface area contributed by atoms with Crippen molar-refractivity contribution in [3.63, 3.8) is 0 Å². The number of rotatable bonds is 15. The molecule has 0 radical (unpaired) electrons. The Bertz CT molecular complexity index is 1570. The Morgan fingerprint density at radius 1 is 0.766 bits per heavy atom. The monoisotopic (exact) mass is 638 g/mol. The number of imide groups is 2. The number of benzene rings is 3. The van der Waals surface area contributed by atoms with Crippen molar-refractivity contribution >= 4 is 23.9 Å². The van der Waals surface area contributed by atoms with Crippen LogP contribution in [0.1, 0.15) is 71.0 Å². The molecule has 5 amide bonds. The van der Waals surface area contributed by atoms with Crippen LogP contribution in [0.3, 0.4) is 0 Å². The molecule has 0 fully saturated rings. The molecule has 10 nitrogen and oxygen atoms in total. The first-order chi connectivity index (χ1) is 22.8. The first-order valence-electron chi connectivity index (χ1n) is 16.0. The lowest BCUT2D eigenvalue weighted by Crippen LogP contribution is -2.50. The van der Waals surface area contributed by atoms with Gasteiger partial charge in [0.2, 0.25) is 0 Å². The predicted molar refractivity (Wildman–Crippen MR) is 178 cm³/mol. The zero-order chi connectivity index (χ0) is 33.4. The molecule has 0 aliphatic heterocycles. The Hall–Kier alpha value is -5.25. The van der Waals surface area contributed by atoms with Crippen LogP contribution in [0.25, 0.3) is 0 Å². The molecule has 3 aromatic carbocycles. The molecule has 0 atom stereocenters. The molecule has 0 spiro atoms. The average Bonchev–Trinajstić information content (AvgIpc) is 3.59. The van der Waals surface area contributed by atoms with E-state index in [2.05, 4.69) is 10.3 Å². The van der Waals surface area contributed by atoms with Crippen molar-refractivity contribution in [1.29, 1.82) is 0 Å². The lowest BCUT2D eigenvalue weighted by atomic mass is 10.1. The van der Waals surface area contributed by atoms with E-state index in [9.17, 15) is 19.2 Å². The number of carbonyl (C=O) groups excluding carboxylic acids is 4. The number of ether oxygens (including phenoxy) is 1. The van der Waals surface area contributed by atoms with Crippen molar-refractivity contribution in [2.45, 2.75) is 52.6 Å². The van der Waals surface area contributed by atoms with Gasteiger partial charge >= 0.3 is 18.0 Å². The Kier molecular flexibility index (Phi) is 13.3. The Morgan fingerprint density at radius 2 is 1.34 bits per heavy atom. The van der Waals surface area contributed by atoms with Gasteiger partial charge in [0.15, 0.2) is 5.69 Å². The van der Waals surface area contributed by atoms with Crippen molar-refractivity contribution in [2.24, 2.45) is 5.92 Å². The second-order valence-electron chi connectivity index (χ2n) is 11.6. The molecule has 10 heteroatoms. The number of urea groups is 1. The number of aromatic nitrogens is 1. The van der Waals surface area contributed by atoms with E-state index in [4.69, 9.17) is 9.15 Å². The molecular formula is C37H42N4O6. The predicted octanol–water partition coefficient (Wildman–Crippen LogP) is 6.92. The van der Waals surface area contributed by atoms with Crippen LogP contribution in [-0.2, 0) is 24.2 Å². The van der Waals surface area contributed by atoms with Gasteiger partial charge in [0.1, 0.15) is 12.9 Å². The highest BCUT2D eigenvalue weighted by atomic mass is 16.6. The minimum absolute atomic E-state index is 0.0138. The van der Waals surface area contributed by atoms with E-state index in [0.717, 1.165) is 40.0 Å². The molecule has 0 saturated heterocycles. The highest BCUT2D eigenvalue weighted by Crippen LogP contribution is 2.15. The van der Waals surface area contributed by atoms with Gasteiger partial charge in [-0.05, 0) is 54.7 Å². The molecule has 4 aromatic rings. The van der Waals surface area contributed by atoms with E-state index in [0.29, 0.717) is 25.8 Å². The molecule has 1 N–H and O–H groups in total. The highest BCUT2D eigenvalue weighted by molar-refractivity contribution is 6.05. The van der Waals surface area contributed by atoms with Crippen LogP contribution in [0, 0.1) is 5.92 Å². The fourth-order valence-electron chi connectivity index (χ4n) is 4.79. The van der Waals surface area contributed by atoms with E-state index in [1.165, 1.54) is 5.56 Å². The Labute approximate surface area is 275 Å². The summed E-state index contributed by atoms with van der Waals surface area (Å²) in [6.45, 7) is 4.36. The summed E-state index contributed by atoms with van der Waals surface area (Å²) in [5, 5.41) is 2.79. The van der Waals surface area contributed by atoms with E-state index >= 15 is 0 Å². The highest BCUT2D eigenvalue weighted by Gasteiger charge is 2.34. The molecule has 0 aliphatic rings. The van der Waals surface area contributed by atoms with E-state index in [1.807, 2.05) is 105 Å². The maximum absolute atomic E-state index is 14.0. The number of nitrogens with one attached hydrogen (secondary N) is 1. The molecule has 246 valence electrons. The van der Waals surface area contributed by atoms with Crippen LogP contribution in [0.4, 0.5) is 9.59 Å². The van der Waals surface area contributed by atoms with Crippen molar-refractivity contribution in [2.75, 3.05) is 19.6 Å². The molecule has 0 saturated carbocycles. The van der Waals surface area contributed by atoms with Gasteiger partial charge in [0.25, 0.3) is 11.8 Å². The fourth-order valence-corrected chi connectivity index (χ4v) is 4.79. The zero-order valence-corrected chi connectivity index (χ0v) is 27.0. The van der Waals surface area contributed by atoms with Crippen LogP contribution in [0.2, 0.25) is 0 Å². The smallest absolute Gasteiger partial charge is 0.418 e. The first kappa shape index (κ1) is 34.6. The molecule has 0 aliphatic carbocycles. The fraction of sp³-hybridized carbons (Fsp3) is 0.324. The number of hydrogen-bond donors (Lipinski definition) is 1. The lowest BCUT2D eigenvalue weighted by molar-refractivity contribution is 0.0677. The molecule has 4 rings (SSSR count). The third kappa shape index (κ3) is 11.0. The summed E-state index contributed by atoms with van der Waals surface area (Å²) in [7, 11) is 0. The molecular weight excluding hydrogens is 596 g/mol. The first-order valence-corrected chi connectivity index (χ1v) is 16.0. The minimum Gasteiger partial charge on any atom is -0.444 e. The van der Waals surface area contributed by atoms with Gasteiger partial charge in [-0.3, -0.25) is 14.5 Å². The van der Waals surface area contributed by atoms with E-state index < -0.39 is 29.8 Å². The summed E-state index contributed by atoms with van der Waals surface area (Å²) in [6.07, 6.45) is 3.27. The molecule has 47 heavy (non-hydrogen) atoms. The maximum atomic E-state index is 14.0. The minimum atomic E-state index is -0.858. The van der Waals surface area contributed by atoms with Crippen molar-refractivity contribution < 1.29 is 28.3 Å². The summed E-state index contributed by atoms with van der Waals surface area (Å²) in [5.74, 6) is -1.59. The number of hydrogen-bond acceptors (Lipinski definition) is 7. The van der Waals surface area contributed by atoms with Gasteiger partial charge < -0.3 is 14.5 Å². The molecule has 0 bridgehead atoms. The SMILES string of the molecule is CC(C)CCN(C(=O)OCc1ccccc1)C(=O)N(CCCc1ccccc1)C(=O)c1nc(C(=O)NCCCc2ccccc2)co1. The topological polar surface area (TPSA) is 122 Å². The molecule has 1 heterocycles. The van der Waals surface area contributed by atoms with Gasteiger partial charge in [-0.25, -0.2) is 14.5 Å². The maximum Gasteiger partial charge on any atom is 0.418 e. The number of amides is 5. The zero-order valence-electron chi connectivity index (χ0n) is 27.0. The molecule has 0 unspecified atom stereocenters. The number of carbonyl (C=O) groups is 4. The Balaban J connectivity index is 1.47. The summed E-state index contributed by atoms with van der Waals surface area (Å²) in [4.78, 5) is 59.8. The molecule has 1 aromatic heterocycles. The number of nitrogens with zero attached hydrogens (tertiary/aromatic N) is 3. The van der Waals surface area contributed by atoms with E-state index in [-0.39, 0.29) is 31.3 Å². The quantitative estimate of drug-likeness (QED) is 0.140. The van der Waals surface area contributed by atoms with Gasteiger partial charge in [-0.1, -0.05) is 105 Å². The third-order valence-electron chi connectivity index (χ3n) is 7.44. The summed E-state index contributed by atoms with van der Waals surface area (Å²) >= 11 is 0. The third-order valence-corrected chi connectivity index (χ3v) is 7.44. The van der Waals surface area contributed by atoms with Gasteiger partial charge in [-0.15, -0.1) is 0 Å². The normalized spacial score (nSPS) is 10.8. The summed E-state index contributed by atoms with van der Waals surface area (Å²) in [5.41, 5.74) is 2.88. The van der Waals surface area contributed by atoms with Crippen LogP contribution in [0.15, 0.2) is 102 Å². The van der Waals surface area contributed by atoms with Crippen LogP contribution < -0.4 is 5.32 Å². The summed E-state index contributed by atoms with van der Waals surface area (Å²) in [6, 6.07) is 27.9. The van der Waals surface area contributed by atoms with Gasteiger partial charge in [0, 0.05) is 19.6 Å². The van der Waals surface area contributed by atoms with Crippen LogP contribution in [-0.4, -0.2) is 58.4 Å². The lowest BCUT2D eigenvalue weighted by Gasteiger charge is -2.27. The number of aryl methyl sites for hydroxylation is 2. The largest absolute Gasteiger partial charge is 0.444 e. The van der Waals surface area contributed by atoms with Crippen LogP contribution in [0.5, 0.6) is 0 Å². The Morgan fingerprint density at radius 3 is 1.94 bits per heavy atom. The average molecular weight is 639 g/mol. The van der Waals surface area contributed by atoms with E-state index in [1.54, 1.807) is 0 Å². The van der Waals surface area contributed by atoms with Crippen molar-refractivity contribution in [3.8, 4) is 0 Å². The van der Waals surface area contributed by atoms with Crippen molar-refractivity contribution in [3.05, 3.63) is 126 Å². The summed E-state index contributed by atoms with van der Waals surface area (Å²) < 4.78 is 10.9. The van der Waals surface area contributed by atoms with Crippen molar-refractivity contribution in [1.82, 2.24) is 20.1 Å². The van der Waals surface area contributed by atoms with Crippen LogP contribution >= 0.6 is 0 Å². The second kappa shape index (κ2) is 18.0.